The number of fused-ring (bicyclic) bond motifs is 1. The smallest absolute Gasteiger partial charge is 0.199 e. The largest absolute Gasteiger partial charge is 0.440 e. The molecule has 0 radical (unpaired) electrons. The van der Waals surface area contributed by atoms with Gasteiger partial charge in [-0.25, -0.2) is 0 Å². The van der Waals surface area contributed by atoms with E-state index >= 15 is 0 Å². The zero-order chi connectivity index (χ0) is 15.5. The Balaban J connectivity index is 2.13. The molecular formula is C19H19NO2. The molecule has 0 spiro atoms. The van der Waals surface area contributed by atoms with Crippen LogP contribution in [0.15, 0.2) is 63.8 Å². The van der Waals surface area contributed by atoms with Crippen molar-refractivity contribution in [3.05, 3.63) is 64.8 Å². The predicted molar refractivity (Wildman–Crippen MR) is 91.5 cm³/mol. The number of rotatable bonds is 4. The van der Waals surface area contributed by atoms with Gasteiger partial charge in [0, 0.05) is 19.2 Å². The van der Waals surface area contributed by atoms with E-state index in [0.29, 0.717) is 16.9 Å². The first kappa shape index (κ1) is 14.4. The minimum atomic E-state index is 0.000862. The summed E-state index contributed by atoms with van der Waals surface area (Å²) in [6.45, 7) is 5.72. The summed E-state index contributed by atoms with van der Waals surface area (Å²) in [5, 5.41) is 0.622. The van der Waals surface area contributed by atoms with Crippen LogP contribution in [0.25, 0.3) is 22.1 Å². The van der Waals surface area contributed by atoms with Gasteiger partial charge in [-0.2, -0.15) is 0 Å². The summed E-state index contributed by atoms with van der Waals surface area (Å²) < 4.78 is 5.90. The second-order valence-electron chi connectivity index (χ2n) is 5.20. The first-order valence-corrected chi connectivity index (χ1v) is 7.61. The van der Waals surface area contributed by atoms with Crippen molar-refractivity contribution in [3.63, 3.8) is 0 Å². The van der Waals surface area contributed by atoms with E-state index in [1.54, 1.807) is 6.07 Å². The summed E-state index contributed by atoms with van der Waals surface area (Å²) in [5.41, 5.74) is 2.75. The van der Waals surface area contributed by atoms with Crippen molar-refractivity contribution in [2.75, 3.05) is 18.0 Å². The monoisotopic (exact) mass is 293 g/mol. The van der Waals surface area contributed by atoms with Crippen molar-refractivity contribution < 1.29 is 4.42 Å². The van der Waals surface area contributed by atoms with Crippen molar-refractivity contribution in [1.29, 1.82) is 0 Å². The standard InChI is InChI=1S/C19H19NO2/c1-3-20(4-2)19-13-17(21)16-12-15(10-11-18(16)22-19)14-8-6-5-7-9-14/h5-13H,3-4H2,1-2H3. The molecule has 0 atom stereocenters. The molecule has 0 aliphatic heterocycles. The minimum absolute atomic E-state index is 0.000862. The Labute approximate surface area is 129 Å². The fraction of sp³-hybridized carbons (Fsp3) is 0.211. The van der Waals surface area contributed by atoms with Crippen molar-refractivity contribution in [1.82, 2.24) is 0 Å². The molecule has 0 bridgehead atoms. The molecule has 1 aromatic heterocycles. The number of hydrogen-bond donors (Lipinski definition) is 0. The molecule has 0 aliphatic carbocycles. The highest BCUT2D eigenvalue weighted by atomic mass is 16.4. The molecule has 0 saturated carbocycles. The van der Waals surface area contributed by atoms with Gasteiger partial charge in [-0.05, 0) is 37.1 Å². The molecule has 0 aliphatic rings. The van der Waals surface area contributed by atoms with Crippen LogP contribution in [0.3, 0.4) is 0 Å². The third-order valence-electron chi connectivity index (χ3n) is 3.90. The van der Waals surface area contributed by atoms with Crippen LogP contribution < -0.4 is 10.3 Å². The van der Waals surface area contributed by atoms with Gasteiger partial charge in [-0.1, -0.05) is 36.4 Å². The van der Waals surface area contributed by atoms with Gasteiger partial charge in [-0.3, -0.25) is 4.79 Å². The number of nitrogens with zero attached hydrogens (tertiary/aromatic N) is 1. The molecule has 3 nitrogen and oxygen atoms in total. The van der Waals surface area contributed by atoms with Crippen LogP contribution >= 0.6 is 0 Å². The molecular weight excluding hydrogens is 274 g/mol. The van der Waals surface area contributed by atoms with Crippen LogP contribution in [0, 0.1) is 0 Å². The lowest BCUT2D eigenvalue weighted by molar-refractivity contribution is 0.578. The molecule has 1 heterocycles. The average molecular weight is 293 g/mol. The molecule has 3 heteroatoms. The lowest BCUT2D eigenvalue weighted by Gasteiger charge is -2.19. The maximum absolute atomic E-state index is 12.4. The SMILES string of the molecule is CCN(CC)c1cc(=O)c2cc(-c3ccccc3)ccc2o1. The normalized spacial score (nSPS) is 10.8. The molecule has 0 N–H and O–H groups in total. The molecule has 0 fully saturated rings. The van der Waals surface area contributed by atoms with E-state index in [4.69, 9.17) is 4.42 Å². The van der Waals surface area contributed by atoms with Crippen LogP contribution in [0.2, 0.25) is 0 Å². The molecule has 0 saturated heterocycles. The minimum Gasteiger partial charge on any atom is -0.440 e. The lowest BCUT2D eigenvalue weighted by atomic mass is 10.0. The van der Waals surface area contributed by atoms with Gasteiger partial charge in [0.15, 0.2) is 11.3 Å². The van der Waals surface area contributed by atoms with Crippen molar-refractivity contribution in [2.45, 2.75) is 13.8 Å². The summed E-state index contributed by atoms with van der Waals surface area (Å²) in [6, 6.07) is 17.4. The summed E-state index contributed by atoms with van der Waals surface area (Å²) >= 11 is 0. The van der Waals surface area contributed by atoms with Gasteiger partial charge in [0.25, 0.3) is 0 Å². The summed E-state index contributed by atoms with van der Waals surface area (Å²) in [6.07, 6.45) is 0. The number of hydrogen-bond acceptors (Lipinski definition) is 3. The third-order valence-corrected chi connectivity index (χ3v) is 3.90. The molecule has 3 aromatic rings. The topological polar surface area (TPSA) is 33.5 Å². The highest BCUT2D eigenvalue weighted by Crippen LogP contribution is 2.25. The predicted octanol–water partition coefficient (Wildman–Crippen LogP) is 4.31. The van der Waals surface area contributed by atoms with Crippen LogP contribution in [0.4, 0.5) is 5.88 Å². The average Bonchev–Trinajstić information content (AvgIpc) is 2.57. The lowest BCUT2D eigenvalue weighted by Crippen LogP contribution is -2.23. The zero-order valence-electron chi connectivity index (χ0n) is 12.9. The summed E-state index contributed by atoms with van der Waals surface area (Å²) in [5.74, 6) is 0.634. The maximum atomic E-state index is 12.4. The van der Waals surface area contributed by atoms with E-state index in [1.165, 1.54) is 0 Å². The van der Waals surface area contributed by atoms with Crippen LogP contribution in [-0.4, -0.2) is 13.1 Å². The van der Waals surface area contributed by atoms with E-state index in [0.717, 1.165) is 24.2 Å². The molecule has 22 heavy (non-hydrogen) atoms. The van der Waals surface area contributed by atoms with E-state index in [2.05, 4.69) is 0 Å². The van der Waals surface area contributed by atoms with Gasteiger partial charge < -0.3 is 9.32 Å². The Morgan fingerprint density at radius 2 is 1.64 bits per heavy atom. The second-order valence-corrected chi connectivity index (χ2v) is 5.20. The Morgan fingerprint density at radius 1 is 0.909 bits per heavy atom. The Morgan fingerprint density at radius 3 is 2.32 bits per heavy atom. The Kier molecular flexibility index (Phi) is 3.96. The fourth-order valence-corrected chi connectivity index (χ4v) is 2.64. The van der Waals surface area contributed by atoms with E-state index < -0.39 is 0 Å². The van der Waals surface area contributed by atoms with Crippen LogP contribution in [0.1, 0.15) is 13.8 Å². The Bertz CT molecular complexity index is 833. The first-order chi connectivity index (χ1) is 10.7. The highest BCUT2D eigenvalue weighted by molar-refractivity contribution is 5.83. The number of anilines is 1. The Hall–Kier alpha value is -2.55. The van der Waals surface area contributed by atoms with Gasteiger partial charge >= 0.3 is 0 Å². The van der Waals surface area contributed by atoms with Crippen molar-refractivity contribution in [2.24, 2.45) is 0 Å². The van der Waals surface area contributed by atoms with E-state index in [9.17, 15) is 4.79 Å². The first-order valence-electron chi connectivity index (χ1n) is 7.61. The van der Waals surface area contributed by atoms with Crippen LogP contribution in [-0.2, 0) is 0 Å². The van der Waals surface area contributed by atoms with Gasteiger partial charge in [0.1, 0.15) is 5.58 Å². The second kappa shape index (κ2) is 6.06. The maximum Gasteiger partial charge on any atom is 0.199 e. The number of benzene rings is 2. The molecule has 2 aromatic carbocycles. The molecule has 0 unspecified atom stereocenters. The molecule has 0 amide bonds. The van der Waals surface area contributed by atoms with E-state index in [-0.39, 0.29) is 5.43 Å². The van der Waals surface area contributed by atoms with Gasteiger partial charge in [0.05, 0.1) is 5.39 Å². The highest BCUT2D eigenvalue weighted by Gasteiger charge is 2.10. The molecule has 112 valence electrons. The van der Waals surface area contributed by atoms with Crippen LogP contribution in [0.5, 0.6) is 0 Å². The third kappa shape index (κ3) is 2.62. The quantitative estimate of drug-likeness (QED) is 0.719. The fourth-order valence-electron chi connectivity index (χ4n) is 2.64. The zero-order valence-corrected chi connectivity index (χ0v) is 12.9. The van der Waals surface area contributed by atoms with Gasteiger partial charge in [-0.15, -0.1) is 0 Å². The summed E-state index contributed by atoms with van der Waals surface area (Å²) in [7, 11) is 0. The summed E-state index contributed by atoms with van der Waals surface area (Å²) in [4.78, 5) is 14.5. The molecule has 3 rings (SSSR count). The van der Waals surface area contributed by atoms with Gasteiger partial charge in [0.2, 0.25) is 0 Å². The van der Waals surface area contributed by atoms with E-state index in [1.807, 2.05) is 67.3 Å². The van der Waals surface area contributed by atoms with Crippen molar-refractivity contribution in [3.8, 4) is 11.1 Å². The van der Waals surface area contributed by atoms with Crippen molar-refractivity contribution >= 4 is 16.9 Å².